The van der Waals surface area contributed by atoms with E-state index in [-0.39, 0.29) is 5.75 Å². The van der Waals surface area contributed by atoms with Crippen molar-refractivity contribution in [3.8, 4) is 5.75 Å². The first-order chi connectivity index (χ1) is 5.61. The van der Waals surface area contributed by atoms with Crippen LogP contribution in [0.1, 0.15) is 0 Å². The van der Waals surface area contributed by atoms with Crippen molar-refractivity contribution in [3.05, 3.63) is 22.7 Å². The van der Waals surface area contributed by atoms with Gasteiger partial charge in [-0.3, -0.25) is 0 Å². The van der Waals surface area contributed by atoms with E-state index in [1.807, 2.05) is 0 Å². The second-order valence-electron chi connectivity index (χ2n) is 1.97. The minimum atomic E-state index is -2.82. The van der Waals surface area contributed by atoms with Gasteiger partial charge in [0.2, 0.25) is 0 Å². The summed E-state index contributed by atoms with van der Waals surface area (Å²) in [7, 11) is 0. The van der Waals surface area contributed by atoms with Crippen molar-refractivity contribution in [2.24, 2.45) is 0 Å². The number of alkyl halides is 2. The molecule has 66 valence electrons. The third-order valence-electron chi connectivity index (χ3n) is 1.15. The molecule has 0 unspecified atom stereocenters. The van der Waals surface area contributed by atoms with E-state index < -0.39 is 6.61 Å². The summed E-state index contributed by atoms with van der Waals surface area (Å²) < 4.78 is 28.3. The van der Waals surface area contributed by atoms with Crippen LogP contribution in [-0.4, -0.2) is 6.61 Å². The molecule has 0 atom stereocenters. The molecule has 0 aliphatic rings. The largest absolute Gasteiger partial charge is 0.432 e. The number of ether oxygens (including phenoxy) is 1. The number of para-hydroxylation sites is 1. The molecular formula is C7H5BrF2OS. The van der Waals surface area contributed by atoms with Gasteiger partial charge in [0.1, 0.15) is 0 Å². The molecule has 1 aromatic rings. The Kier molecular flexibility index (Phi) is 3.34. The Morgan fingerprint density at radius 1 is 1.42 bits per heavy atom. The minimum Gasteiger partial charge on any atom is -0.432 e. The number of thiol groups is 1. The summed E-state index contributed by atoms with van der Waals surface area (Å²) in [6.45, 7) is -2.82. The third kappa shape index (κ3) is 2.35. The molecule has 0 heterocycles. The van der Waals surface area contributed by atoms with Crippen molar-refractivity contribution < 1.29 is 13.5 Å². The fourth-order valence-corrected chi connectivity index (χ4v) is 1.58. The van der Waals surface area contributed by atoms with Crippen LogP contribution in [0.5, 0.6) is 5.75 Å². The molecule has 12 heavy (non-hydrogen) atoms. The van der Waals surface area contributed by atoms with Gasteiger partial charge in [-0.05, 0) is 28.1 Å². The quantitative estimate of drug-likeness (QED) is 0.797. The summed E-state index contributed by atoms with van der Waals surface area (Å²) in [5.74, 6) is 0.0656. The highest BCUT2D eigenvalue weighted by Gasteiger charge is 2.10. The van der Waals surface area contributed by atoms with Gasteiger partial charge in [0.05, 0.1) is 4.47 Å². The smallest absolute Gasteiger partial charge is 0.387 e. The summed E-state index contributed by atoms with van der Waals surface area (Å²) >= 11 is 7.02. The van der Waals surface area contributed by atoms with Gasteiger partial charge in [-0.2, -0.15) is 8.78 Å². The molecule has 0 amide bonds. The molecule has 1 rings (SSSR count). The van der Waals surface area contributed by atoms with Crippen LogP contribution in [-0.2, 0) is 0 Å². The topological polar surface area (TPSA) is 9.23 Å². The zero-order valence-corrected chi connectivity index (χ0v) is 8.28. The molecule has 0 bridgehead atoms. The second kappa shape index (κ2) is 4.09. The van der Waals surface area contributed by atoms with Crippen molar-refractivity contribution in [3.63, 3.8) is 0 Å². The first kappa shape index (κ1) is 9.80. The average Bonchev–Trinajstić information content (AvgIpc) is 1.97. The van der Waals surface area contributed by atoms with Crippen LogP contribution in [0.2, 0.25) is 0 Å². The van der Waals surface area contributed by atoms with E-state index in [1.54, 1.807) is 18.2 Å². The van der Waals surface area contributed by atoms with Crippen molar-refractivity contribution in [1.82, 2.24) is 0 Å². The van der Waals surface area contributed by atoms with Crippen LogP contribution >= 0.6 is 28.6 Å². The van der Waals surface area contributed by atoms with Gasteiger partial charge in [-0.25, -0.2) is 0 Å². The summed E-state index contributed by atoms with van der Waals surface area (Å²) in [6.07, 6.45) is 0. The molecule has 0 fully saturated rings. The maximum Gasteiger partial charge on any atom is 0.387 e. The first-order valence-electron chi connectivity index (χ1n) is 3.03. The number of halogens is 3. The van der Waals surface area contributed by atoms with Crippen LogP contribution in [0.3, 0.4) is 0 Å². The lowest BCUT2D eigenvalue weighted by Crippen LogP contribution is -2.02. The highest BCUT2D eigenvalue weighted by molar-refractivity contribution is 9.10. The highest BCUT2D eigenvalue weighted by atomic mass is 79.9. The highest BCUT2D eigenvalue weighted by Crippen LogP contribution is 2.32. The molecule has 5 heteroatoms. The van der Waals surface area contributed by atoms with Crippen LogP contribution in [0.15, 0.2) is 27.6 Å². The molecule has 1 nitrogen and oxygen atoms in total. The van der Waals surface area contributed by atoms with Gasteiger partial charge in [0.25, 0.3) is 0 Å². The van der Waals surface area contributed by atoms with Gasteiger partial charge in [0.15, 0.2) is 5.75 Å². The van der Waals surface area contributed by atoms with Crippen molar-refractivity contribution in [1.29, 1.82) is 0 Å². The Labute approximate surface area is 82.3 Å². The van der Waals surface area contributed by atoms with E-state index >= 15 is 0 Å². The third-order valence-corrected chi connectivity index (χ3v) is 2.13. The summed E-state index contributed by atoms with van der Waals surface area (Å²) in [5.41, 5.74) is 0. The zero-order chi connectivity index (χ0) is 9.14. The molecule has 1 aromatic carbocycles. The lowest BCUT2D eigenvalue weighted by atomic mass is 10.3. The van der Waals surface area contributed by atoms with Gasteiger partial charge >= 0.3 is 6.61 Å². The fraction of sp³-hybridized carbons (Fsp3) is 0.143. The number of hydrogen-bond acceptors (Lipinski definition) is 2. The van der Waals surface area contributed by atoms with Crippen LogP contribution in [0, 0.1) is 0 Å². The molecule has 0 N–H and O–H groups in total. The lowest BCUT2D eigenvalue weighted by Gasteiger charge is -2.08. The summed E-state index contributed by atoms with van der Waals surface area (Å²) in [6, 6.07) is 4.87. The molecular weight excluding hydrogens is 250 g/mol. The average molecular weight is 255 g/mol. The predicted octanol–water partition coefficient (Wildman–Crippen LogP) is 3.34. The predicted molar refractivity (Wildman–Crippen MR) is 48.0 cm³/mol. The maximum atomic E-state index is 11.8. The Morgan fingerprint density at radius 3 is 2.58 bits per heavy atom. The fourth-order valence-electron chi connectivity index (χ4n) is 0.703. The maximum absolute atomic E-state index is 11.8. The first-order valence-corrected chi connectivity index (χ1v) is 4.27. The summed E-state index contributed by atoms with van der Waals surface area (Å²) in [4.78, 5) is 0.379. The molecule has 0 saturated heterocycles. The van der Waals surface area contributed by atoms with Crippen LogP contribution < -0.4 is 4.74 Å². The van der Waals surface area contributed by atoms with E-state index in [9.17, 15) is 8.78 Å². The molecule has 0 aliphatic carbocycles. The van der Waals surface area contributed by atoms with Crippen molar-refractivity contribution >= 4 is 28.6 Å². The number of rotatable bonds is 2. The van der Waals surface area contributed by atoms with E-state index in [4.69, 9.17) is 0 Å². The molecule has 0 radical (unpaired) electrons. The van der Waals surface area contributed by atoms with Crippen molar-refractivity contribution in [2.45, 2.75) is 11.5 Å². The molecule has 0 saturated carbocycles. The Morgan fingerprint density at radius 2 is 2.08 bits per heavy atom. The minimum absolute atomic E-state index is 0.0656. The second-order valence-corrected chi connectivity index (χ2v) is 3.30. The number of hydrogen-bond donors (Lipinski definition) is 1. The van der Waals surface area contributed by atoms with E-state index in [0.29, 0.717) is 9.37 Å². The van der Waals surface area contributed by atoms with E-state index in [1.165, 1.54) is 0 Å². The van der Waals surface area contributed by atoms with Gasteiger partial charge in [-0.1, -0.05) is 6.07 Å². The molecule has 0 aromatic heterocycles. The Bertz CT molecular complexity index is 260. The van der Waals surface area contributed by atoms with Gasteiger partial charge in [0, 0.05) is 4.90 Å². The standard InChI is InChI=1S/C7H5BrF2OS/c8-4-2-1-3-5(12)6(4)11-7(9)10/h1-3,7,12H. The normalized spacial score (nSPS) is 10.4. The van der Waals surface area contributed by atoms with E-state index in [0.717, 1.165) is 0 Å². The van der Waals surface area contributed by atoms with Crippen molar-refractivity contribution in [2.75, 3.05) is 0 Å². The lowest BCUT2D eigenvalue weighted by molar-refractivity contribution is -0.0521. The molecule has 0 aliphatic heterocycles. The van der Waals surface area contributed by atoms with Gasteiger partial charge < -0.3 is 4.74 Å². The molecule has 0 spiro atoms. The Balaban J connectivity index is 2.96. The van der Waals surface area contributed by atoms with Crippen LogP contribution in [0.4, 0.5) is 8.78 Å². The van der Waals surface area contributed by atoms with E-state index in [2.05, 4.69) is 33.3 Å². The summed E-state index contributed by atoms with van der Waals surface area (Å²) in [5, 5.41) is 0. The van der Waals surface area contributed by atoms with Crippen LogP contribution in [0.25, 0.3) is 0 Å². The Hall–Kier alpha value is -0.290. The number of benzene rings is 1. The monoisotopic (exact) mass is 254 g/mol. The SMILES string of the molecule is FC(F)Oc1c(S)cccc1Br. The zero-order valence-electron chi connectivity index (χ0n) is 5.80. The van der Waals surface area contributed by atoms with Gasteiger partial charge in [-0.15, -0.1) is 12.6 Å².